The van der Waals surface area contributed by atoms with Gasteiger partial charge in [0, 0.05) is 30.0 Å². The highest BCUT2D eigenvalue weighted by atomic mass is 16.5. The van der Waals surface area contributed by atoms with Crippen molar-refractivity contribution in [1.82, 2.24) is 4.90 Å². The first-order valence-electron chi connectivity index (χ1n) is 8.73. The largest absolute Gasteiger partial charge is 0.497 e. The number of methoxy groups -OCH3 is 2. The normalized spacial score (nSPS) is 28.4. The molecule has 2 aliphatic rings. The highest BCUT2D eigenvalue weighted by Gasteiger charge is 2.49. The molecule has 4 atom stereocenters. The average Bonchev–Trinajstić information content (AvgIpc) is 3.41. The molecule has 1 aromatic rings. The van der Waals surface area contributed by atoms with Crippen LogP contribution in [0.3, 0.4) is 0 Å². The molecule has 0 bridgehead atoms. The van der Waals surface area contributed by atoms with Crippen LogP contribution in [-0.4, -0.2) is 48.7 Å². The van der Waals surface area contributed by atoms with Gasteiger partial charge < -0.3 is 19.5 Å². The lowest BCUT2D eigenvalue weighted by Gasteiger charge is -2.37. The van der Waals surface area contributed by atoms with Crippen LogP contribution in [0.5, 0.6) is 11.5 Å². The van der Waals surface area contributed by atoms with Gasteiger partial charge in [0.15, 0.2) is 0 Å². The lowest BCUT2D eigenvalue weighted by Crippen LogP contribution is -2.49. The van der Waals surface area contributed by atoms with Crippen LogP contribution in [0.25, 0.3) is 0 Å². The summed E-state index contributed by atoms with van der Waals surface area (Å²) in [4.78, 5) is 26.1. The van der Waals surface area contributed by atoms with Gasteiger partial charge in [0.1, 0.15) is 11.5 Å². The summed E-state index contributed by atoms with van der Waals surface area (Å²) in [5.74, 6) is 0.287. The van der Waals surface area contributed by atoms with Crippen LogP contribution in [-0.2, 0) is 9.59 Å². The van der Waals surface area contributed by atoms with Crippen molar-refractivity contribution < 1.29 is 24.2 Å². The molecule has 0 radical (unpaired) electrons. The first kappa shape index (κ1) is 17.6. The van der Waals surface area contributed by atoms with E-state index in [0.29, 0.717) is 13.0 Å². The highest BCUT2D eigenvalue weighted by Crippen LogP contribution is 2.52. The molecule has 1 heterocycles. The number of nitrogens with zero attached hydrogens (tertiary/aromatic N) is 1. The van der Waals surface area contributed by atoms with Crippen LogP contribution >= 0.6 is 0 Å². The van der Waals surface area contributed by atoms with E-state index in [1.54, 1.807) is 19.1 Å². The summed E-state index contributed by atoms with van der Waals surface area (Å²) >= 11 is 0. The molecule has 1 amide bonds. The Kier molecular flexibility index (Phi) is 4.88. The summed E-state index contributed by atoms with van der Waals surface area (Å²) < 4.78 is 10.7. The summed E-state index contributed by atoms with van der Waals surface area (Å²) in [6.07, 6.45) is 2.15. The van der Waals surface area contributed by atoms with E-state index in [-0.39, 0.29) is 23.8 Å². The minimum atomic E-state index is -0.813. The highest BCUT2D eigenvalue weighted by molar-refractivity contribution is 5.84. The fraction of sp³-hybridized carbons (Fsp3) is 0.579. The van der Waals surface area contributed by atoms with E-state index in [4.69, 9.17) is 9.47 Å². The van der Waals surface area contributed by atoms with E-state index >= 15 is 0 Å². The molecule has 3 rings (SSSR count). The first-order valence-corrected chi connectivity index (χ1v) is 8.73. The topological polar surface area (TPSA) is 76.1 Å². The molecule has 2 fully saturated rings. The van der Waals surface area contributed by atoms with Crippen LogP contribution in [0.4, 0.5) is 0 Å². The van der Waals surface area contributed by atoms with Crippen molar-refractivity contribution >= 4 is 11.9 Å². The minimum Gasteiger partial charge on any atom is -0.497 e. The lowest BCUT2D eigenvalue weighted by atomic mass is 9.90. The molecule has 0 spiro atoms. The van der Waals surface area contributed by atoms with E-state index in [1.807, 2.05) is 25.1 Å². The second-order valence-corrected chi connectivity index (χ2v) is 6.92. The Morgan fingerprint density at radius 1 is 1.20 bits per heavy atom. The second kappa shape index (κ2) is 6.94. The van der Waals surface area contributed by atoms with Gasteiger partial charge in [-0.15, -0.1) is 0 Å². The predicted octanol–water partition coefficient (Wildman–Crippen LogP) is 2.52. The molecule has 2 unspecified atom stereocenters. The SMILES string of the molecule is COc1ccc(OC)c(C2CC2C(=O)N2CCC[C@H](C(=O)O)[C@@H]2C)c1. The molecule has 1 aliphatic carbocycles. The summed E-state index contributed by atoms with van der Waals surface area (Å²) in [6, 6.07) is 5.37. The molecule has 25 heavy (non-hydrogen) atoms. The van der Waals surface area contributed by atoms with Gasteiger partial charge in [-0.3, -0.25) is 9.59 Å². The Morgan fingerprint density at radius 3 is 2.60 bits per heavy atom. The molecular formula is C19H25NO5. The molecule has 1 saturated carbocycles. The summed E-state index contributed by atoms with van der Waals surface area (Å²) in [5, 5.41) is 9.35. The van der Waals surface area contributed by atoms with Gasteiger partial charge in [0.05, 0.1) is 20.1 Å². The number of ether oxygens (including phenoxy) is 2. The Morgan fingerprint density at radius 2 is 1.96 bits per heavy atom. The second-order valence-electron chi connectivity index (χ2n) is 6.92. The van der Waals surface area contributed by atoms with Gasteiger partial charge in [-0.2, -0.15) is 0 Å². The third-order valence-electron chi connectivity index (χ3n) is 5.53. The van der Waals surface area contributed by atoms with Crippen molar-refractivity contribution in [1.29, 1.82) is 0 Å². The van der Waals surface area contributed by atoms with Gasteiger partial charge >= 0.3 is 5.97 Å². The molecule has 1 N–H and O–H groups in total. The number of carbonyl (C=O) groups is 2. The first-order chi connectivity index (χ1) is 12.0. The van der Waals surface area contributed by atoms with Gasteiger partial charge in [0.25, 0.3) is 0 Å². The standard InChI is InChI=1S/C19H25NO5/c1-11-13(19(22)23)5-4-8-20(11)18(21)16-10-14(16)15-9-12(24-2)6-7-17(15)25-3/h6-7,9,11,13-14,16H,4-5,8,10H2,1-3H3,(H,22,23)/t11-,13-,14?,16?/m0/s1. The Bertz CT molecular complexity index is 674. The van der Waals surface area contributed by atoms with E-state index in [9.17, 15) is 14.7 Å². The Hall–Kier alpha value is -2.24. The van der Waals surface area contributed by atoms with Crippen molar-refractivity contribution in [3.63, 3.8) is 0 Å². The number of piperidine rings is 1. The number of likely N-dealkylation sites (tertiary alicyclic amines) is 1. The van der Waals surface area contributed by atoms with E-state index < -0.39 is 11.9 Å². The molecule has 6 heteroatoms. The van der Waals surface area contributed by atoms with Crippen LogP contribution in [0.1, 0.15) is 37.7 Å². The van der Waals surface area contributed by atoms with Gasteiger partial charge in [-0.1, -0.05) is 0 Å². The summed E-state index contributed by atoms with van der Waals surface area (Å²) in [7, 11) is 3.23. The van der Waals surface area contributed by atoms with Crippen LogP contribution in [0.15, 0.2) is 18.2 Å². The summed E-state index contributed by atoms with van der Waals surface area (Å²) in [6.45, 7) is 2.49. The maximum absolute atomic E-state index is 12.9. The van der Waals surface area contributed by atoms with E-state index in [0.717, 1.165) is 29.9 Å². The number of carboxylic acid groups (broad SMARTS) is 1. The summed E-state index contributed by atoms with van der Waals surface area (Å²) in [5.41, 5.74) is 0.986. The number of amides is 1. The number of carboxylic acids is 1. The lowest BCUT2D eigenvalue weighted by molar-refractivity contribution is -0.149. The van der Waals surface area contributed by atoms with Gasteiger partial charge in [0.2, 0.25) is 5.91 Å². The Balaban J connectivity index is 1.75. The average molecular weight is 347 g/mol. The number of aliphatic carboxylic acids is 1. The zero-order valence-electron chi connectivity index (χ0n) is 14.9. The molecule has 6 nitrogen and oxygen atoms in total. The monoisotopic (exact) mass is 347 g/mol. The fourth-order valence-corrected chi connectivity index (χ4v) is 3.94. The van der Waals surface area contributed by atoms with Gasteiger partial charge in [-0.25, -0.2) is 0 Å². The quantitative estimate of drug-likeness (QED) is 0.886. The van der Waals surface area contributed by atoms with Crippen LogP contribution < -0.4 is 9.47 Å². The predicted molar refractivity (Wildman–Crippen MR) is 91.9 cm³/mol. The number of benzene rings is 1. The zero-order chi connectivity index (χ0) is 18.1. The maximum atomic E-state index is 12.9. The number of hydrogen-bond acceptors (Lipinski definition) is 4. The molecule has 136 valence electrons. The molecule has 0 aromatic heterocycles. The van der Waals surface area contributed by atoms with E-state index in [2.05, 4.69) is 0 Å². The third kappa shape index (κ3) is 3.30. The Labute approximate surface area is 147 Å². The van der Waals surface area contributed by atoms with Crippen molar-refractivity contribution in [2.24, 2.45) is 11.8 Å². The van der Waals surface area contributed by atoms with Crippen LogP contribution in [0.2, 0.25) is 0 Å². The number of hydrogen-bond donors (Lipinski definition) is 1. The fourth-order valence-electron chi connectivity index (χ4n) is 3.94. The molecule has 1 aliphatic heterocycles. The van der Waals surface area contributed by atoms with Crippen molar-refractivity contribution in [2.45, 2.75) is 38.1 Å². The molecule has 1 saturated heterocycles. The van der Waals surface area contributed by atoms with E-state index in [1.165, 1.54) is 0 Å². The number of rotatable bonds is 5. The zero-order valence-corrected chi connectivity index (χ0v) is 14.9. The minimum absolute atomic E-state index is 0.0633. The van der Waals surface area contributed by atoms with Gasteiger partial charge in [-0.05, 0) is 44.4 Å². The third-order valence-corrected chi connectivity index (χ3v) is 5.53. The molecule has 1 aromatic carbocycles. The van der Waals surface area contributed by atoms with Crippen LogP contribution in [0, 0.1) is 11.8 Å². The number of carbonyl (C=O) groups excluding carboxylic acids is 1. The smallest absolute Gasteiger partial charge is 0.308 e. The van der Waals surface area contributed by atoms with Crippen molar-refractivity contribution in [2.75, 3.05) is 20.8 Å². The molecular weight excluding hydrogens is 322 g/mol. The van der Waals surface area contributed by atoms with Crippen molar-refractivity contribution in [3.05, 3.63) is 23.8 Å². The van der Waals surface area contributed by atoms with Crippen molar-refractivity contribution in [3.8, 4) is 11.5 Å². The maximum Gasteiger partial charge on any atom is 0.308 e.